The molecule has 2 aromatic heterocycles. The molecular weight excluding hydrogens is 410 g/mol. The zero-order valence-electron chi connectivity index (χ0n) is 13.9. The van der Waals surface area contributed by atoms with E-state index in [1.807, 2.05) is 0 Å². The van der Waals surface area contributed by atoms with Gasteiger partial charge in [0.1, 0.15) is 11.2 Å². The molecule has 0 spiro atoms. The van der Waals surface area contributed by atoms with E-state index in [1.165, 1.54) is 12.3 Å². The highest BCUT2D eigenvalue weighted by Gasteiger charge is 2.37. The molecule has 0 saturated carbocycles. The van der Waals surface area contributed by atoms with Crippen LogP contribution < -0.4 is 10.9 Å². The van der Waals surface area contributed by atoms with E-state index in [1.54, 1.807) is 6.26 Å². The van der Waals surface area contributed by atoms with Crippen molar-refractivity contribution in [3.8, 4) is 0 Å². The number of halogens is 6. The van der Waals surface area contributed by atoms with E-state index >= 15 is 0 Å². The van der Waals surface area contributed by atoms with Gasteiger partial charge in [-0.05, 0) is 30.5 Å². The minimum absolute atomic E-state index is 0.0173. The van der Waals surface area contributed by atoms with Crippen LogP contribution in [0.1, 0.15) is 11.1 Å². The van der Waals surface area contributed by atoms with Gasteiger partial charge in [-0.1, -0.05) is 11.8 Å². The molecule has 0 unspecified atom stereocenters. The van der Waals surface area contributed by atoms with Gasteiger partial charge in [-0.2, -0.15) is 26.3 Å². The van der Waals surface area contributed by atoms with Crippen LogP contribution in [0.25, 0.3) is 10.9 Å². The summed E-state index contributed by atoms with van der Waals surface area (Å²) in [6.07, 6.45) is -7.04. The Bertz CT molecular complexity index is 1060. The fourth-order valence-corrected chi connectivity index (χ4v) is 2.79. The lowest BCUT2D eigenvalue weighted by Crippen LogP contribution is -2.13. The van der Waals surface area contributed by atoms with Crippen molar-refractivity contribution in [2.24, 2.45) is 0 Å². The molecule has 0 atom stereocenters. The lowest BCUT2D eigenvalue weighted by atomic mass is 10.1. The molecule has 0 saturated heterocycles. The van der Waals surface area contributed by atoms with Crippen molar-refractivity contribution in [2.75, 3.05) is 11.6 Å². The summed E-state index contributed by atoms with van der Waals surface area (Å²) in [6, 6.07) is 2.48. The van der Waals surface area contributed by atoms with Gasteiger partial charge in [-0.3, -0.25) is 4.79 Å². The monoisotopic (exact) mass is 420 g/mol. The molecule has 2 heterocycles. The Labute approximate surface area is 157 Å². The lowest BCUT2D eigenvalue weighted by Gasteiger charge is -2.15. The Morgan fingerprint density at radius 2 is 1.61 bits per heavy atom. The number of thioether (sulfide) groups is 1. The van der Waals surface area contributed by atoms with E-state index in [2.05, 4.69) is 20.3 Å². The summed E-state index contributed by atoms with van der Waals surface area (Å²) in [5.74, 6) is -0.205. The number of nitrogens with zero attached hydrogens (tertiary/aromatic N) is 2. The number of hydrogen-bond acceptors (Lipinski definition) is 5. The van der Waals surface area contributed by atoms with Crippen molar-refractivity contribution in [3.63, 3.8) is 0 Å². The number of aromatic nitrogens is 3. The molecule has 1 aromatic carbocycles. The fourth-order valence-electron chi connectivity index (χ4n) is 2.42. The maximum atomic E-state index is 13.0. The normalized spacial score (nSPS) is 12.4. The van der Waals surface area contributed by atoms with Crippen molar-refractivity contribution in [3.05, 3.63) is 51.9 Å². The van der Waals surface area contributed by atoms with Gasteiger partial charge in [0.05, 0.1) is 16.6 Å². The van der Waals surface area contributed by atoms with Crippen molar-refractivity contribution < 1.29 is 26.3 Å². The van der Waals surface area contributed by atoms with Crippen LogP contribution in [0.2, 0.25) is 0 Å². The van der Waals surface area contributed by atoms with E-state index in [9.17, 15) is 31.1 Å². The van der Waals surface area contributed by atoms with Gasteiger partial charge in [-0.25, -0.2) is 9.97 Å². The lowest BCUT2D eigenvalue weighted by molar-refractivity contribution is -0.143. The van der Waals surface area contributed by atoms with Crippen molar-refractivity contribution in [1.82, 2.24) is 15.0 Å². The number of rotatable bonds is 3. The topological polar surface area (TPSA) is 70.7 Å². The summed E-state index contributed by atoms with van der Waals surface area (Å²) in [5, 5.41) is 2.50. The number of alkyl halides is 6. The van der Waals surface area contributed by atoms with Gasteiger partial charge >= 0.3 is 12.4 Å². The molecule has 28 heavy (non-hydrogen) atoms. The average molecular weight is 420 g/mol. The number of pyridine rings is 1. The van der Waals surface area contributed by atoms with Crippen LogP contribution in [-0.2, 0) is 12.4 Å². The van der Waals surface area contributed by atoms with Gasteiger partial charge in [0.2, 0.25) is 0 Å². The molecule has 148 valence electrons. The molecule has 0 aliphatic rings. The quantitative estimate of drug-likeness (QED) is 0.361. The number of benzene rings is 1. The molecule has 0 fully saturated rings. The third kappa shape index (κ3) is 4.06. The number of hydrogen-bond donors (Lipinski definition) is 2. The molecule has 0 aliphatic heterocycles. The highest BCUT2D eigenvalue weighted by atomic mass is 32.2. The second-order valence-corrected chi connectivity index (χ2v) is 6.32. The number of anilines is 2. The first-order valence-electron chi connectivity index (χ1n) is 7.49. The third-order valence-electron chi connectivity index (χ3n) is 3.63. The molecule has 0 aliphatic carbocycles. The largest absolute Gasteiger partial charge is 0.416 e. The van der Waals surface area contributed by atoms with Crippen molar-refractivity contribution in [2.45, 2.75) is 17.5 Å². The second kappa shape index (κ2) is 7.00. The summed E-state index contributed by atoms with van der Waals surface area (Å²) >= 11 is 1.09. The van der Waals surface area contributed by atoms with Gasteiger partial charge < -0.3 is 10.3 Å². The van der Waals surface area contributed by atoms with Crippen LogP contribution in [0.5, 0.6) is 0 Å². The standard InChI is InChI=1S/C16H10F6N4OS/c1-28-14-25-10-2-3-23-13(27)11(10)12(26-14)24-9-5-7(15(17,18)19)4-8(6-9)16(20,21)22/h2-6H,1H3,(H,23,27)(H,24,25,26). The van der Waals surface area contributed by atoms with E-state index in [4.69, 9.17) is 0 Å². The molecule has 0 bridgehead atoms. The molecule has 3 aromatic rings. The summed E-state index contributed by atoms with van der Waals surface area (Å²) in [6.45, 7) is 0. The van der Waals surface area contributed by atoms with Crippen LogP contribution in [0.4, 0.5) is 37.8 Å². The fraction of sp³-hybridized carbons (Fsp3) is 0.188. The maximum absolute atomic E-state index is 13.0. The zero-order valence-corrected chi connectivity index (χ0v) is 14.7. The maximum Gasteiger partial charge on any atom is 0.416 e. The highest BCUT2D eigenvalue weighted by molar-refractivity contribution is 7.98. The van der Waals surface area contributed by atoms with Gasteiger partial charge in [0.15, 0.2) is 5.16 Å². The molecule has 3 rings (SSSR count). The van der Waals surface area contributed by atoms with Gasteiger partial charge in [-0.15, -0.1) is 0 Å². The molecular formula is C16H10F6N4OS. The summed E-state index contributed by atoms with van der Waals surface area (Å²) in [7, 11) is 0. The smallest absolute Gasteiger partial charge is 0.339 e. The number of fused-ring (bicyclic) bond motifs is 1. The predicted molar refractivity (Wildman–Crippen MR) is 91.7 cm³/mol. The predicted octanol–water partition coefficient (Wildman–Crippen LogP) is 4.82. The second-order valence-electron chi connectivity index (χ2n) is 5.55. The van der Waals surface area contributed by atoms with Gasteiger partial charge in [0, 0.05) is 11.9 Å². The molecule has 0 amide bonds. The molecule has 0 radical (unpaired) electrons. The van der Waals surface area contributed by atoms with Crippen LogP contribution in [-0.4, -0.2) is 21.2 Å². The van der Waals surface area contributed by atoms with Crippen LogP contribution in [0, 0.1) is 0 Å². The van der Waals surface area contributed by atoms with E-state index in [0.717, 1.165) is 11.8 Å². The summed E-state index contributed by atoms with van der Waals surface area (Å²) < 4.78 is 78.2. The Morgan fingerprint density at radius 1 is 1.00 bits per heavy atom. The van der Waals surface area contributed by atoms with Gasteiger partial charge in [0.25, 0.3) is 5.56 Å². The van der Waals surface area contributed by atoms with E-state index < -0.39 is 34.7 Å². The average Bonchev–Trinajstić information content (AvgIpc) is 2.59. The molecule has 5 nitrogen and oxygen atoms in total. The Balaban J connectivity index is 2.20. The molecule has 2 N–H and O–H groups in total. The first kappa shape index (κ1) is 20.0. The van der Waals surface area contributed by atoms with E-state index in [0.29, 0.717) is 12.1 Å². The number of nitrogens with one attached hydrogen (secondary N) is 2. The Hall–Kier alpha value is -2.76. The van der Waals surface area contributed by atoms with Crippen molar-refractivity contribution in [1.29, 1.82) is 0 Å². The van der Waals surface area contributed by atoms with Crippen LogP contribution in [0.15, 0.2) is 40.4 Å². The summed E-state index contributed by atoms with van der Waals surface area (Å²) in [4.78, 5) is 22.6. The van der Waals surface area contributed by atoms with Crippen molar-refractivity contribution >= 4 is 34.2 Å². The minimum Gasteiger partial charge on any atom is -0.339 e. The van der Waals surface area contributed by atoms with Crippen LogP contribution >= 0.6 is 11.8 Å². The van der Waals surface area contributed by atoms with Crippen LogP contribution in [0.3, 0.4) is 0 Å². The SMILES string of the molecule is CSc1nc(Nc2cc(C(F)(F)F)cc(C(F)(F)F)c2)c2c(=O)[nH]ccc2n1. The first-order chi connectivity index (χ1) is 13.0. The summed E-state index contributed by atoms with van der Waals surface area (Å²) in [5.41, 5.74) is -3.94. The Morgan fingerprint density at radius 3 is 2.14 bits per heavy atom. The van der Waals surface area contributed by atoms with E-state index in [-0.39, 0.29) is 27.9 Å². The highest BCUT2D eigenvalue weighted by Crippen LogP contribution is 2.38. The third-order valence-corrected chi connectivity index (χ3v) is 4.18. The first-order valence-corrected chi connectivity index (χ1v) is 8.71. The minimum atomic E-state index is -4.99. The number of aromatic amines is 1. The molecule has 12 heteroatoms. The number of H-pyrrole nitrogens is 1. The zero-order chi connectivity index (χ0) is 20.7. The Kier molecular flexibility index (Phi) is 5.00.